The Morgan fingerprint density at radius 1 is 1.10 bits per heavy atom. The Labute approximate surface area is 181 Å². The van der Waals surface area contributed by atoms with E-state index in [1.165, 1.54) is 0 Å². The predicted octanol–water partition coefficient (Wildman–Crippen LogP) is 4.71. The fraction of sp³-hybridized carbons (Fsp3) is 0.333. The highest BCUT2D eigenvalue weighted by molar-refractivity contribution is 7.18. The first-order chi connectivity index (χ1) is 14.7. The van der Waals surface area contributed by atoms with Crippen molar-refractivity contribution < 1.29 is 14.3 Å². The molecule has 2 heterocycles. The van der Waals surface area contributed by atoms with Gasteiger partial charge in [0.25, 0.3) is 5.91 Å². The molecule has 4 rings (SSSR count). The number of carbonyl (C=O) groups excluding carboxylic acids is 1. The lowest BCUT2D eigenvalue weighted by Gasteiger charge is -2.22. The Kier molecular flexibility index (Phi) is 6.77. The predicted molar refractivity (Wildman–Crippen MR) is 120 cm³/mol. The second kappa shape index (κ2) is 9.87. The fourth-order valence-electron chi connectivity index (χ4n) is 3.48. The summed E-state index contributed by atoms with van der Waals surface area (Å²) in [7, 11) is 0. The van der Waals surface area contributed by atoms with Gasteiger partial charge in [-0.2, -0.15) is 0 Å². The van der Waals surface area contributed by atoms with Gasteiger partial charge in [-0.15, -0.1) is 11.3 Å². The number of carbonyl (C=O) groups is 1. The minimum absolute atomic E-state index is 0.0281. The van der Waals surface area contributed by atoms with E-state index >= 15 is 0 Å². The topological polar surface area (TPSA) is 60.5 Å². The maximum atomic E-state index is 12.1. The molecule has 1 N–H and O–H groups in total. The van der Waals surface area contributed by atoms with E-state index in [2.05, 4.69) is 17.4 Å². The molecule has 1 saturated heterocycles. The number of hydrogen-bond acceptors (Lipinski definition) is 5. The minimum atomic E-state index is -0.0867. The number of nitrogens with one attached hydrogen (secondary N) is 1. The Morgan fingerprint density at radius 2 is 1.83 bits per heavy atom. The Balaban J connectivity index is 1.32. The SMILES string of the molecule is Cc1nc(-c2ccccc2)sc1-c1ccc(OCC(=O)NCC2CCOCC2)cc1. The standard InChI is InChI=1S/C24H26N2O3S/c1-17-23(30-24(26-17)20-5-3-2-4-6-20)19-7-9-21(10-8-19)29-16-22(27)25-15-18-11-13-28-14-12-18/h2-10,18H,11-16H2,1H3,(H,25,27). The minimum Gasteiger partial charge on any atom is -0.484 e. The molecule has 0 radical (unpaired) electrons. The summed E-state index contributed by atoms with van der Waals surface area (Å²) < 4.78 is 11.0. The Morgan fingerprint density at radius 3 is 2.57 bits per heavy atom. The normalized spacial score (nSPS) is 14.4. The van der Waals surface area contributed by atoms with Crippen molar-refractivity contribution in [3.05, 3.63) is 60.3 Å². The molecule has 1 aromatic heterocycles. The van der Waals surface area contributed by atoms with Gasteiger partial charge in [0, 0.05) is 25.3 Å². The van der Waals surface area contributed by atoms with Gasteiger partial charge in [-0.05, 0) is 55.5 Å². The van der Waals surface area contributed by atoms with Crippen LogP contribution in [0.3, 0.4) is 0 Å². The molecule has 1 fully saturated rings. The molecule has 0 bridgehead atoms. The molecule has 1 aliphatic rings. The van der Waals surface area contributed by atoms with Crippen LogP contribution in [0.1, 0.15) is 18.5 Å². The molecule has 0 aliphatic carbocycles. The van der Waals surface area contributed by atoms with Crippen molar-refractivity contribution >= 4 is 17.2 Å². The van der Waals surface area contributed by atoms with E-state index < -0.39 is 0 Å². The van der Waals surface area contributed by atoms with Gasteiger partial charge >= 0.3 is 0 Å². The monoisotopic (exact) mass is 422 g/mol. The summed E-state index contributed by atoms with van der Waals surface area (Å²) in [6.07, 6.45) is 2.01. The summed E-state index contributed by atoms with van der Waals surface area (Å²) in [5.74, 6) is 1.10. The number of hydrogen-bond donors (Lipinski definition) is 1. The smallest absolute Gasteiger partial charge is 0.257 e. The zero-order chi connectivity index (χ0) is 20.8. The average Bonchev–Trinajstić information content (AvgIpc) is 3.19. The lowest BCUT2D eigenvalue weighted by atomic mass is 10.0. The zero-order valence-corrected chi connectivity index (χ0v) is 17.9. The van der Waals surface area contributed by atoms with Gasteiger partial charge in [-0.3, -0.25) is 4.79 Å². The maximum absolute atomic E-state index is 12.1. The summed E-state index contributed by atoms with van der Waals surface area (Å²) in [4.78, 5) is 17.9. The summed E-state index contributed by atoms with van der Waals surface area (Å²) in [5.41, 5.74) is 3.24. The second-order valence-electron chi connectivity index (χ2n) is 7.47. The molecule has 0 spiro atoms. The molecule has 0 saturated carbocycles. The van der Waals surface area contributed by atoms with Gasteiger partial charge in [0.15, 0.2) is 6.61 Å². The molecular weight excluding hydrogens is 396 g/mol. The largest absolute Gasteiger partial charge is 0.484 e. The first-order valence-electron chi connectivity index (χ1n) is 10.3. The summed E-state index contributed by atoms with van der Waals surface area (Å²) in [6.45, 7) is 4.33. The number of ether oxygens (including phenoxy) is 2. The molecule has 1 aliphatic heterocycles. The van der Waals surface area contributed by atoms with Crippen molar-refractivity contribution in [2.75, 3.05) is 26.4 Å². The second-order valence-corrected chi connectivity index (χ2v) is 8.47. The van der Waals surface area contributed by atoms with Crippen LogP contribution in [0, 0.1) is 12.8 Å². The van der Waals surface area contributed by atoms with Crippen molar-refractivity contribution in [3.63, 3.8) is 0 Å². The third kappa shape index (κ3) is 5.26. The van der Waals surface area contributed by atoms with Crippen molar-refractivity contribution in [1.82, 2.24) is 10.3 Å². The molecular formula is C24H26N2O3S. The van der Waals surface area contributed by atoms with E-state index in [4.69, 9.17) is 14.5 Å². The molecule has 0 atom stereocenters. The van der Waals surface area contributed by atoms with Gasteiger partial charge in [-0.25, -0.2) is 4.98 Å². The summed E-state index contributed by atoms with van der Waals surface area (Å²) in [6, 6.07) is 18.1. The van der Waals surface area contributed by atoms with Crippen LogP contribution in [0.15, 0.2) is 54.6 Å². The fourth-order valence-corrected chi connectivity index (χ4v) is 4.56. The molecule has 5 nitrogen and oxygen atoms in total. The van der Waals surface area contributed by atoms with Crippen LogP contribution < -0.4 is 10.1 Å². The third-order valence-corrected chi connectivity index (χ3v) is 6.49. The number of thiazole rings is 1. The van der Waals surface area contributed by atoms with Crippen LogP contribution in [-0.2, 0) is 9.53 Å². The van der Waals surface area contributed by atoms with Crippen LogP contribution in [-0.4, -0.2) is 37.3 Å². The number of aromatic nitrogens is 1. The van der Waals surface area contributed by atoms with E-state index in [1.807, 2.05) is 49.4 Å². The number of amides is 1. The van der Waals surface area contributed by atoms with E-state index in [0.717, 1.165) is 52.8 Å². The molecule has 2 aromatic carbocycles. The van der Waals surface area contributed by atoms with Crippen LogP contribution in [0.4, 0.5) is 0 Å². The number of nitrogens with zero attached hydrogens (tertiary/aromatic N) is 1. The van der Waals surface area contributed by atoms with Gasteiger partial charge < -0.3 is 14.8 Å². The van der Waals surface area contributed by atoms with Crippen LogP contribution in [0.2, 0.25) is 0 Å². The molecule has 30 heavy (non-hydrogen) atoms. The zero-order valence-electron chi connectivity index (χ0n) is 17.1. The van der Waals surface area contributed by atoms with Crippen molar-refractivity contribution in [1.29, 1.82) is 0 Å². The van der Waals surface area contributed by atoms with Crippen molar-refractivity contribution in [3.8, 4) is 26.8 Å². The molecule has 6 heteroatoms. The lowest BCUT2D eigenvalue weighted by Crippen LogP contribution is -2.35. The van der Waals surface area contributed by atoms with E-state index in [9.17, 15) is 4.79 Å². The van der Waals surface area contributed by atoms with E-state index in [-0.39, 0.29) is 12.5 Å². The van der Waals surface area contributed by atoms with E-state index in [1.54, 1.807) is 11.3 Å². The van der Waals surface area contributed by atoms with Gasteiger partial charge in [0.05, 0.1) is 10.6 Å². The number of aryl methyl sites for hydroxylation is 1. The van der Waals surface area contributed by atoms with Crippen LogP contribution in [0.25, 0.3) is 21.0 Å². The summed E-state index contributed by atoms with van der Waals surface area (Å²) in [5, 5.41) is 3.98. The number of benzene rings is 2. The van der Waals surface area contributed by atoms with E-state index in [0.29, 0.717) is 18.2 Å². The van der Waals surface area contributed by atoms with Crippen LogP contribution >= 0.6 is 11.3 Å². The van der Waals surface area contributed by atoms with Gasteiger partial charge in [0.2, 0.25) is 0 Å². The maximum Gasteiger partial charge on any atom is 0.257 e. The average molecular weight is 423 g/mol. The third-order valence-electron chi connectivity index (χ3n) is 5.23. The van der Waals surface area contributed by atoms with Crippen molar-refractivity contribution in [2.45, 2.75) is 19.8 Å². The van der Waals surface area contributed by atoms with Crippen molar-refractivity contribution in [2.24, 2.45) is 5.92 Å². The first kappa shape index (κ1) is 20.6. The molecule has 3 aromatic rings. The summed E-state index contributed by atoms with van der Waals surface area (Å²) >= 11 is 1.68. The Bertz CT molecular complexity index is 964. The molecule has 0 unspecified atom stereocenters. The lowest BCUT2D eigenvalue weighted by molar-refractivity contribution is -0.123. The van der Waals surface area contributed by atoms with Gasteiger partial charge in [0.1, 0.15) is 10.8 Å². The van der Waals surface area contributed by atoms with Crippen LogP contribution in [0.5, 0.6) is 5.75 Å². The highest BCUT2D eigenvalue weighted by atomic mass is 32.1. The first-order valence-corrected chi connectivity index (χ1v) is 11.1. The Hall–Kier alpha value is -2.70. The quantitative estimate of drug-likeness (QED) is 0.599. The number of rotatable bonds is 7. The molecule has 1 amide bonds. The molecule has 156 valence electrons. The highest BCUT2D eigenvalue weighted by Crippen LogP contribution is 2.35. The van der Waals surface area contributed by atoms with Gasteiger partial charge in [-0.1, -0.05) is 30.3 Å². The highest BCUT2D eigenvalue weighted by Gasteiger charge is 2.15.